The normalized spacial score (nSPS) is 11.3. The van der Waals surface area contributed by atoms with Gasteiger partial charge in [-0.1, -0.05) is 103 Å². The van der Waals surface area contributed by atoms with E-state index in [9.17, 15) is 0 Å². The van der Waals surface area contributed by atoms with Crippen LogP contribution in [0.1, 0.15) is 0 Å². The Balaban J connectivity index is 1.68. The highest BCUT2D eigenvalue weighted by atomic mass is 14.7. The molecule has 6 aromatic rings. The third kappa shape index (κ3) is 2.60. The molecule has 1 nitrogen and oxygen atoms in total. The highest BCUT2D eigenvalue weighted by Gasteiger charge is 2.12. The summed E-state index contributed by atoms with van der Waals surface area (Å²) in [7, 11) is 0. The Morgan fingerprint density at radius 2 is 0.900 bits per heavy atom. The molecule has 0 aliphatic rings. The lowest BCUT2D eigenvalue weighted by atomic mass is 9.93. The van der Waals surface area contributed by atoms with Crippen LogP contribution in [0.2, 0.25) is 0 Å². The molecule has 0 bridgehead atoms. The maximum absolute atomic E-state index is 4.92. The number of fused-ring (bicyclic) bond motifs is 6. The van der Waals surface area contributed by atoms with Gasteiger partial charge in [0.05, 0.1) is 5.69 Å². The summed E-state index contributed by atoms with van der Waals surface area (Å²) in [6.07, 6.45) is 2.04. The summed E-state index contributed by atoms with van der Waals surface area (Å²) in [6.45, 7) is 0. The van der Waals surface area contributed by atoms with Gasteiger partial charge < -0.3 is 0 Å². The van der Waals surface area contributed by atoms with Crippen LogP contribution in [0.25, 0.3) is 54.7 Å². The fourth-order valence-corrected chi connectivity index (χ4v) is 4.52. The number of nitrogens with zero attached hydrogens (tertiary/aromatic N) is 1. The van der Waals surface area contributed by atoms with Crippen molar-refractivity contribution in [2.45, 2.75) is 0 Å². The average molecular weight is 381 g/mol. The van der Waals surface area contributed by atoms with E-state index >= 15 is 0 Å². The zero-order valence-electron chi connectivity index (χ0n) is 16.4. The van der Waals surface area contributed by atoms with E-state index in [0.29, 0.717) is 0 Å². The number of aromatic nitrogens is 1. The first-order chi connectivity index (χ1) is 14.9. The highest BCUT2D eigenvalue weighted by Crippen LogP contribution is 2.37. The molecule has 0 spiro atoms. The van der Waals surface area contributed by atoms with Gasteiger partial charge in [-0.15, -0.1) is 0 Å². The van der Waals surface area contributed by atoms with E-state index in [1.54, 1.807) is 0 Å². The van der Waals surface area contributed by atoms with Gasteiger partial charge in [-0.25, -0.2) is 0 Å². The minimum absolute atomic E-state index is 1.00. The van der Waals surface area contributed by atoms with Gasteiger partial charge in [-0.2, -0.15) is 0 Å². The molecule has 6 rings (SSSR count). The second-order valence-corrected chi connectivity index (χ2v) is 7.62. The maximum atomic E-state index is 4.92. The third-order valence-corrected chi connectivity index (χ3v) is 5.92. The molecule has 0 aliphatic carbocycles. The van der Waals surface area contributed by atoms with Gasteiger partial charge in [-0.05, 0) is 44.1 Å². The molecule has 0 fully saturated rings. The van der Waals surface area contributed by atoms with Crippen LogP contribution in [0.3, 0.4) is 0 Å². The van der Waals surface area contributed by atoms with Crippen molar-refractivity contribution in [3.63, 3.8) is 0 Å². The molecule has 0 amide bonds. The summed E-state index contributed by atoms with van der Waals surface area (Å²) in [5.74, 6) is 0. The van der Waals surface area contributed by atoms with E-state index in [1.165, 1.54) is 43.4 Å². The Morgan fingerprint density at radius 3 is 1.57 bits per heavy atom. The summed E-state index contributed by atoms with van der Waals surface area (Å²) >= 11 is 0. The second kappa shape index (κ2) is 6.82. The largest absolute Gasteiger partial charge is 0.256 e. The maximum Gasteiger partial charge on any atom is 0.0714 e. The van der Waals surface area contributed by atoms with E-state index in [4.69, 9.17) is 4.98 Å². The van der Waals surface area contributed by atoms with Crippen LogP contribution in [-0.4, -0.2) is 4.98 Å². The van der Waals surface area contributed by atoms with E-state index in [-0.39, 0.29) is 0 Å². The van der Waals surface area contributed by atoms with Crippen molar-refractivity contribution < 1.29 is 0 Å². The van der Waals surface area contributed by atoms with Gasteiger partial charge in [-0.3, -0.25) is 4.98 Å². The van der Waals surface area contributed by atoms with Gasteiger partial charge in [0, 0.05) is 17.1 Å². The van der Waals surface area contributed by atoms with E-state index in [0.717, 1.165) is 11.3 Å². The topological polar surface area (TPSA) is 12.9 Å². The molecule has 1 aromatic heterocycles. The summed E-state index contributed by atoms with van der Waals surface area (Å²) in [5.41, 5.74) is 4.57. The van der Waals surface area contributed by atoms with E-state index in [1.807, 2.05) is 6.20 Å². The Labute approximate surface area is 175 Å². The fourth-order valence-electron chi connectivity index (χ4n) is 4.52. The van der Waals surface area contributed by atoms with E-state index < -0.39 is 0 Å². The van der Waals surface area contributed by atoms with Crippen molar-refractivity contribution in [1.29, 1.82) is 0 Å². The number of benzene rings is 5. The summed E-state index contributed by atoms with van der Waals surface area (Å²) in [5, 5.41) is 7.53. The van der Waals surface area contributed by atoms with Gasteiger partial charge in [0.25, 0.3) is 0 Å². The van der Waals surface area contributed by atoms with Crippen LogP contribution < -0.4 is 0 Å². The van der Waals surface area contributed by atoms with Crippen LogP contribution in [-0.2, 0) is 0 Å². The fraction of sp³-hybridized carbons (Fsp3) is 0. The first-order valence-electron chi connectivity index (χ1n) is 10.2. The third-order valence-electron chi connectivity index (χ3n) is 5.92. The molecule has 0 aliphatic heterocycles. The van der Waals surface area contributed by atoms with Crippen LogP contribution >= 0.6 is 0 Å². The lowest BCUT2D eigenvalue weighted by Crippen LogP contribution is -1.90. The minimum atomic E-state index is 1.00. The number of hydrogen-bond donors (Lipinski definition) is 0. The van der Waals surface area contributed by atoms with Crippen molar-refractivity contribution in [2.75, 3.05) is 0 Å². The summed E-state index contributed by atoms with van der Waals surface area (Å²) in [6, 6.07) is 38.6. The molecule has 1 heteroatoms. The molecule has 0 unspecified atom stereocenters. The predicted molar refractivity (Wildman–Crippen MR) is 128 cm³/mol. The molecule has 0 radical (unpaired) electrons. The van der Waals surface area contributed by atoms with Gasteiger partial charge in [0.15, 0.2) is 0 Å². The summed E-state index contributed by atoms with van der Waals surface area (Å²) < 4.78 is 0. The van der Waals surface area contributed by atoms with Crippen molar-refractivity contribution in [3.8, 4) is 22.4 Å². The molecule has 1 heterocycles. The zero-order valence-corrected chi connectivity index (χ0v) is 16.4. The molecular formula is C29H19N. The number of pyridine rings is 1. The highest BCUT2D eigenvalue weighted by molar-refractivity contribution is 6.25. The average Bonchev–Trinajstić information content (AvgIpc) is 2.84. The number of hydrogen-bond acceptors (Lipinski definition) is 1. The zero-order chi connectivity index (χ0) is 19.9. The molecule has 5 aromatic carbocycles. The molecule has 140 valence electrons. The van der Waals surface area contributed by atoms with E-state index in [2.05, 4.69) is 109 Å². The first kappa shape index (κ1) is 16.9. The standard InChI is InChI=1S/C29H19N/c1-2-10-20(11-3-1)21-12-4-9-17-26(21)29-18-27-24-15-7-5-13-22(24)23-14-6-8-16-25(23)28(27)19-30-29/h1-19H. The Kier molecular flexibility index (Phi) is 3.85. The van der Waals surface area contributed by atoms with Crippen molar-refractivity contribution in [3.05, 3.63) is 115 Å². The molecule has 0 saturated heterocycles. The van der Waals surface area contributed by atoms with Crippen molar-refractivity contribution >= 4 is 32.3 Å². The molecule has 30 heavy (non-hydrogen) atoms. The Morgan fingerprint density at radius 1 is 0.400 bits per heavy atom. The van der Waals surface area contributed by atoms with Crippen molar-refractivity contribution in [1.82, 2.24) is 4.98 Å². The summed E-state index contributed by atoms with van der Waals surface area (Å²) in [4.78, 5) is 4.92. The molecule has 0 N–H and O–H groups in total. The monoisotopic (exact) mass is 381 g/mol. The smallest absolute Gasteiger partial charge is 0.0714 e. The lowest BCUT2D eigenvalue weighted by molar-refractivity contribution is 1.36. The molecular weight excluding hydrogens is 362 g/mol. The minimum Gasteiger partial charge on any atom is -0.256 e. The molecule has 0 saturated carbocycles. The lowest BCUT2D eigenvalue weighted by Gasteiger charge is -2.13. The van der Waals surface area contributed by atoms with Crippen LogP contribution in [0, 0.1) is 0 Å². The Bertz CT molecular complexity index is 1500. The SMILES string of the molecule is c1ccc(-c2ccccc2-c2cc3c4ccccc4c4ccccc4c3cn2)cc1. The number of rotatable bonds is 2. The van der Waals surface area contributed by atoms with Gasteiger partial charge >= 0.3 is 0 Å². The second-order valence-electron chi connectivity index (χ2n) is 7.62. The van der Waals surface area contributed by atoms with Crippen LogP contribution in [0.15, 0.2) is 115 Å². The van der Waals surface area contributed by atoms with Gasteiger partial charge in [0.2, 0.25) is 0 Å². The van der Waals surface area contributed by atoms with Crippen LogP contribution in [0.4, 0.5) is 0 Å². The molecule has 0 atom stereocenters. The van der Waals surface area contributed by atoms with Crippen LogP contribution in [0.5, 0.6) is 0 Å². The first-order valence-corrected chi connectivity index (χ1v) is 10.2. The van der Waals surface area contributed by atoms with Gasteiger partial charge in [0.1, 0.15) is 0 Å². The predicted octanol–water partition coefficient (Wildman–Crippen LogP) is 7.88. The Hall–Kier alpha value is -3.97. The quantitative estimate of drug-likeness (QED) is 0.278. The van der Waals surface area contributed by atoms with Crippen molar-refractivity contribution in [2.24, 2.45) is 0 Å².